The lowest BCUT2D eigenvalue weighted by Gasteiger charge is -2.12. The molecule has 1 unspecified atom stereocenters. The van der Waals surface area contributed by atoms with Gasteiger partial charge in [0, 0.05) is 18.4 Å². The Kier molecular flexibility index (Phi) is 6.11. The number of rotatable bonds is 6. The highest BCUT2D eigenvalue weighted by atomic mass is 35.5. The molecule has 0 bridgehead atoms. The number of carbonyl (C=O) groups excluding carboxylic acids is 1. The summed E-state index contributed by atoms with van der Waals surface area (Å²) in [5, 5.41) is 11.2. The average molecular weight is 306 g/mol. The van der Waals surface area contributed by atoms with Crippen LogP contribution >= 0.6 is 23.4 Å². The minimum Gasteiger partial charge on any atom is -0.480 e. The number of carboxylic acids is 1. The van der Waals surface area contributed by atoms with E-state index in [9.17, 15) is 14.0 Å². The molecule has 0 aliphatic rings. The molecule has 2 N–H and O–H groups in total. The standard InChI is InChI=1S/C12H13ClFNO3S/c1-7(16)15-10(12(17)18)6-19-5-8-3-2-4-9(13)11(8)14/h2-4,10H,5-6H2,1H3,(H,15,16)(H,17,18). The summed E-state index contributed by atoms with van der Waals surface area (Å²) in [5.74, 6) is -1.59. The number of nitrogens with one attached hydrogen (secondary N) is 1. The van der Waals surface area contributed by atoms with E-state index < -0.39 is 23.7 Å². The Labute approximate surface area is 119 Å². The Hall–Kier alpha value is -1.27. The molecule has 0 spiro atoms. The number of hydrogen-bond donors (Lipinski definition) is 2. The number of halogens is 2. The predicted molar refractivity (Wildman–Crippen MR) is 72.8 cm³/mol. The molecule has 0 aromatic heterocycles. The van der Waals surface area contributed by atoms with Crippen molar-refractivity contribution in [2.75, 3.05) is 5.75 Å². The van der Waals surface area contributed by atoms with E-state index in [1.165, 1.54) is 24.8 Å². The summed E-state index contributed by atoms with van der Waals surface area (Å²) in [6.07, 6.45) is 0. The molecule has 0 heterocycles. The zero-order valence-corrected chi connectivity index (χ0v) is 11.7. The van der Waals surface area contributed by atoms with Gasteiger partial charge in [0.1, 0.15) is 11.9 Å². The van der Waals surface area contributed by atoms with E-state index in [1.807, 2.05) is 0 Å². The molecule has 19 heavy (non-hydrogen) atoms. The third kappa shape index (κ3) is 5.08. The van der Waals surface area contributed by atoms with Crippen LogP contribution in [0.15, 0.2) is 18.2 Å². The van der Waals surface area contributed by atoms with E-state index in [2.05, 4.69) is 5.32 Å². The quantitative estimate of drug-likeness (QED) is 0.846. The van der Waals surface area contributed by atoms with Gasteiger partial charge in [-0.05, 0) is 11.6 Å². The van der Waals surface area contributed by atoms with Gasteiger partial charge in [-0.15, -0.1) is 0 Å². The molecule has 1 amide bonds. The number of thioether (sulfide) groups is 1. The van der Waals surface area contributed by atoms with Crippen molar-refractivity contribution >= 4 is 35.2 Å². The molecule has 1 atom stereocenters. The molecule has 0 aliphatic carbocycles. The second-order valence-electron chi connectivity index (χ2n) is 3.82. The van der Waals surface area contributed by atoms with Crippen LogP contribution < -0.4 is 5.32 Å². The van der Waals surface area contributed by atoms with Crippen LogP contribution in [0.4, 0.5) is 4.39 Å². The monoisotopic (exact) mass is 305 g/mol. The first-order chi connectivity index (χ1) is 8.91. The largest absolute Gasteiger partial charge is 0.480 e. The van der Waals surface area contributed by atoms with E-state index in [1.54, 1.807) is 12.1 Å². The normalized spacial score (nSPS) is 11.9. The van der Waals surface area contributed by atoms with Crippen molar-refractivity contribution in [3.8, 4) is 0 Å². The number of aliphatic carboxylic acids is 1. The van der Waals surface area contributed by atoms with Crippen LogP contribution in [-0.2, 0) is 15.3 Å². The smallest absolute Gasteiger partial charge is 0.327 e. The average Bonchev–Trinajstić information content (AvgIpc) is 2.32. The summed E-state index contributed by atoms with van der Waals surface area (Å²) in [6.45, 7) is 1.25. The molecule has 0 fully saturated rings. The number of amides is 1. The molecule has 104 valence electrons. The molecular weight excluding hydrogens is 293 g/mol. The van der Waals surface area contributed by atoms with E-state index in [0.29, 0.717) is 5.56 Å². The molecular formula is C12H13ClFNO3S. The van der Waals surface area contributed by atoms with Gasteiger partial charge in [0.05, 0.1) is 5.02 Å². The highest BCUT2D eigenvalue weighted by Gasteiger charge is 2.18. The predicted octanol–water partition coefficient (Wildman–Crippen LogP) is 2.30. The van der Waals surface area contributed by atoms with Gasteiger partial charge >= 0.3 is 5.97 Å². The van der Waals surface area contributed by atoms with Crippen molar-refractivity contribution in [3.05, 3.63) is 34.6 Å². The van der Waals surface area contributed by atoms with E-state index in [0.717, 1.165) is 0 Å². The fraction of sp³-hybridized carbons (Fsp3) is 0.333. The Morgan fingerprint density at radius 1 is 1.53 bits per heavy atom. The first-order valence-corrected chi connectivity index (χ1v) is 6.95. The number of hydrogen-bond acceptors (Lipinski definition) is 3. The van der Waals surface area contributed by atoms with Crippen LogP contribution in [0.1, 0.15) is 12.5 Å². The minimum absolute atomic E-state index is 0.0368. The van der Waals surface area contributed by atoms with Gasteiger partial charge in [-0.25, -0.2) is 9.18 Å². The van der Waals surface area contributed by atoms with Crippen LogP contribution in [0.5, 0.6) is 0 Å². The van der Waals surface area contributed by atoms with Crippen molar-refractivity contribution in [2.24, 2.45) is 0 Å². The van der Waals surface area contributed by atoms with Crippen molar-refractivity contribution in [1.82, 2.24) is 5.32 Å². The van der Waals surface area contributed by atoms with Gasteiger partial charge in [-0.3, -0.25) is 4.79 Å². The second kappa shape index (κ2) is 7.35. The molecule has 7 heteroatoms. The fourth-order valence-corrected chi connectivity index (χ4v) is 2.58. The number of carboxylic acid groups (broad SMARTS) is 1. The van der Waals surface area contributed by atoms with Crippen LogP contribution in [0.3, 0.4) is 0 Å². The Bertz CT molecular complexity index is 484. The second-order valence-corrected chi connectivity index (χ2v) is 5.26. The van der Waals surface area contributed by atoms with E-state index in [4.69, 9.17) is 16.7 Å². The summed E-state index contributed by atoms with van der Waals surface area (Å²) in [7, 11) is 0. The van der Waals surface area contributed by atoms with Crippen LogP contribution in [0, 0.1) is 5.82 Å². The maximum Gasteiger partial charge on any atom is 0.327 e. The molecule has 0 saturated heterocycles. The fourth-order valence-electron chi connectivity index (χ4n) is 1.37. The van der Waals surface area contributed by atoms with Gasteiger partial charge < -0.3 is 10.4 Å². The lowest BCUT2D eigenvalue weighted by molar-refractivity contribution is -0.140. The van der Waals surface area contributed by atoms with Crippen molar-refractivity contribution in [1.29, 1.82) is 0 Å². The van der Waals surface area contributed by atoms with Crippen molar-refractivity contribution in [2.45, 2.75) is 18.7 Å². The molecule has 4 nitrogen and oxygen atoms in total. The molecule has 1 aromatic carbocycles. The Morgan fingerprint density at radius 2 is 2.21 bits per heavy atom. The highest BCUT2D eigenvalue weighted by Crippen LogP contribution is 2.22. The Balaban J connectivity index is 2.54. The van der Waals surface area contributed by atoms with E-state index in [-0.39, 0.29) is 16.5 Å². The Morgan fingerprint density at radius 3 is 2.79 bits per heavy atom. The van der Waals surface area contributed by atoms with E-state index >= 15 is 0 Å². The molecule has 0 aliphatic heterocycles. The zero-order valence-electron chi connectivity index (χ0n) is 10.2. The number of benzene rings is 1. The number of carbonyl (C=O) groups is 2. The highest BCUT2D eigenvalue weighted by molar-refractivity contribution is 7.98. The summed E-state index contributed by atoms with van der Waals surface area (Å²) in [4.78, 5) is 21.7. The lowest BCUT2D eigenvalue weighted by atomic mass is 10.2. The molecule has 1 rings (SSSR count). The minimum atomic E-state index is -1.12. The van der Waals surface area contributed by atoms with Crippen LogP contribution in [-0.4, -0.2) is 28.8 Å². The lowest BCUT2D eigenvalue weighted by Crippen LogP contribution is -2.41. The van der Waals surface area contributed by atoms with Gasteiger partial charge in [0.25, 0.3) is 0 Å². The zero-order chi connectivity index (χ0) is 14.4. The summed E-state index contributed by atoms with van der Waals surface area (Å²) in [5.41, 5.74) is 0.407. The van der Waals surface area contributed by atoms with Crippen LogP contribution in [0.25, 0.3) is 0 Å². The van der Waals surface area contributed by atoms with Crippen molar-refractivity contribution < 1.29 is 19.1 Å². The third-order valence-electron chi connectivity index (χ3n) is 2.25. The SMILES string of the molecule is CC(=O)NC(CSCc1cccc(Cl)c1F)C(=O)O. The maximum absolute atomic E-state index is 13.6. The van der Waals surface area contributed by atoms with Crippen LogP contribution in [0.2, 0.25) is 5.02 Å². The third-order valence-corrected chi connectivity index (χ3v) is 3.63. The first kappa shape index (κ1) is 15.8. The maximum atomic E-state index is 13.6. The first-order valence-electron chi connectivity index (χ1n) is 5.42. The van der Waals surface area contributed by atoms with Gasteiger partial charge in [-0.2, -0.15) is 11.8 Å². The summed E-state index contributed by atoms with van der Waals surface area (Å²) < 4.78 is 13.6. The van der Waals surface area contributed by atoms with Gasteiger partial charge in [0.15, 0.2) is 0 Å². The topological polar surface area (TPSA) is 66.4 Å². The summed E-state index contributed by atoms with van der Waals surface area (Å²) >= 11 is 6.85. The molecule has 0 saturated carbocycles. The molecule has 1 aromatic rings. The molecule has 0 radical (unpaired) electrons. The van der Waals surface area contributed by atoms with Gasteiger partial charge in [0.2, 0.25) is 5.91 Å². The summed E-state index contributed by atoms with van der Waals surface area (Å²) in [6, 6.07) is 3.68. The van der Waals surface area contributed by atoms with Gasteiger partial charge in [-0.1, -0.05) is 23.7 Å². The van der Waals surface area contributed by atoms with Crippen molar-refractivity contribution in [3.63, 3.8) is 0 Å².